The topological polar surface area (TPSA) is 41.5 Å². The van der Waals surface area contributed by atoms with Crippen LogP contribution in [0, 0.1) is 5.92 Å². The van der Waals surface area contributed by atoms with E-state index in [4.69, 9.17) is 9.84 Å². The van der Waals surface area contributed by atoms with E-state index in [0.717, 1.165) is 11.3 Å². The van der Waals surface area contributed by atoms with Crippen LogP contribution in [0.4, 0.5) is 0 Å². The highest BCUT2D eigenvalue weighted by molar-refractivity contribution is 5.35. The third-order valence-electron chi connectivity index (χ3n) is 3.26. The maximum absolute atomic E-state index is 9.12. The number of aliphatic hydroxyl groups excluding tert-OH is 1. The summed E-state index contributed by atoms with van der Waals surface area (Å²) < 4.78 is 5.35. The number of aliphatic hydroxyl groups is 1. The largest absolute Gasteiger partial charge is 0.496 e. The van der Waals surface area contributed by atoms with E-state index in [2.05, 4.69) is 25.2 Å². The molecular formula is C14H23NO2. The van der Waals surface area contributed by atoms with E-state index in [1.807, 2.05) is 25.1 Å². The molecule has 0 aliphatic heterocycles. The van der Waals surface area contributed by atoms with Gasteiger partial charge >= 0.3 is 0 Å². The van der Waals surface area contributed by atoms with Gasteiger partial charge in [-0.2, -0.15) is 0 Å². The van der Waals surface area contributed by atoms with Gasteiger partial charge in [0.1, 0.15) is 5.75 Å². The van der Waals surface area contributed by atoms with Gasteiger partial charge in [-0.1, -0.05) is 25.1 Å². The molecule has 2 N–H and O–H groups in total. The lowest BCUT2D eigenvalue weighted by Crippen LogP contribution is -2.35. The Balaban J connectivity index is 2.72. The maximum atomic E-state index is 9.12. The van der Waals surface area contributed by atoms with Gasteiger partial charge in [0.2, 0.25) is 0 Å². The van der Waals surface area contributed by atoms with Crippen LogP contribution in [0.5, 0.6) is 5.75 Å². The molecule has 3 atom stereocenters. The fraction of sp³-hybridized carbons (Fsp3) is 0.571. The zero-order valence-electron chi connectivity index (χ0n) is 11.1. The Morgan fingerprint density at radius 3 is 2.47 bits per heavy atom. The van der Waals surface area contributed by atoms with Crippen molar-refractivity contribution in [2.24, 2.45) is 5.92 Å². The van der Waals surface area contributed by atoms with Crippen LogP contribution in [0.3, 0.4) is 0 Å². The fourth-order valence-electron chi connectivity index (χ4n) is 1.83. The minimum Gasteiger partial charge on any atom is -0.496 e. The number of hydrogen-bond donors (Lipinski definition) is 2. The predicted octanol–water partition coefficient (Wildman–Crippen LogP) is 2.36. The van der Waals surface area contributed by atoms with Crippen molar-refractivity contribution in [3.05, 3.63) is 29.8 Å². The van der Waals surface area contributed by atoms with Gasteiger partial charge in [0, 0.05) is 24.3 Å². The van der Waals surface area contributed by atoms with Gasteiger partial charge in [0.25, 0.3) is 0 Å². The lowest BCUT2D eigenvalue weighted by atomic mass is 10.0. The first-order valence-corrected chi connectivity index (χ1v) is 6.10. The van der Waals surface area contributed by atoms with E-state index in [-0.39, 0.29) is 24.6 Å². The van der Waals surface area contributed by atoms with Gasteiger partial charge in [0.15, 0.2) is 0 Å². The third-order valence-corrected chi connectivity index (χ3v) is 3.26. The molecule has 0 saturated carbocycles. The third kappa shape index (κ3) is 3.72. The Bertz CT molecular complexity index is 341. The van der Waals surface area contributed by atoms with Gasteiger partial charge in [0.05, 0.1) is 7.11 Å². The van der Waals surface area contributed by atoms with Gasteiger partial charge < -0.3 is 15.2 Å². The molecule has 3 nitrogen and oxygen atoms in total. The predicted molar refractivity (Wildman–Crippen MR) is 70.3 cm³/mol. The van der Waals surface area contributed by atoms with Crippen LogP contribution >= 0.6 is 0 Å². The number of nitrogens with one attached hydrogen (secondary N) is 1. The zero-order valence-corrected chi connectivity index (χ0v) is 11.1. The Morgan fingerprint density at radius 1 is 1.24 bits per heavy atom. The van der Waals surface area contributed by atoms with Crippen molar-refractivity contribution in [2.45, 2.75) is 32.9 Å². The number of hydrogen-bond acceptors (Lipinski definition) is 3. The average Bonchev–Trinajstić information content (AvgIpc) is 2.37. The summed E-state index contributed by atoms with van der Waals surface area (Å²) >= 11 is 0. The van der Waals surface area contributed by atoms with Crippen molar-refractivity contribution in [3.63, 3.8) is 0 Å². The molecule has 96 valence electrons. The quantitative estimate of drug-likeness (QED) is 0.798. The van der Waals surface area contributed by atoms with Crippen LogP contribution < -0.4 is 10.1 Å². The highest BCUT2D eigenvalue weighted by Crippen LogP contribution is 2.25. The molecule has 0 heterocycles. The van der Waals surface area contributed by atoms with E-state index in [1.54, 1.807) is 7.11 Å². The molecule has 1 rings (SSSR count). The van der Waals surface area contributed by atoms with Gasteiger partial charge in [-0.25, -0.2) is 0 Å². The monoisotopic (exact) mass is 237 g/mol. The normalized spacial score (nSPS) is 16.3. The summed E-state index contributed by atoms with van der Waals surface area (Å²) in [5.41, 5.74) is 1.15. The van der Waals surface area contributed by atoms with Crippen molar-refractivity contribution in [3.8, 4) is 5.75 Å². The smallest absolute Gasteiger partial charge is 0.123 e. The summed E-state index contributed by atoms with van der Waals surface area (Å²) in [6.07, 6.45) is 0. The minimum absolute atomic E-state index is 0.201. The van der Waals surface area contributed by atoms with Gasteiger partial charge in [-0.3, -0.25) is 0 Å². The molecular weight excluding hydrogens is 214 g/mol. The Hall–Kier alpha value is -1.06. The van der Waals surface area contributed by atoms with E-state index in [9.17, 15) is 0 Å². The molecule has 0 radical (unpaired) electrons. The van der Waals surface area contributed by atoms with Crippen LogP contribution in [0.1, 0.15) is 32.4 Å². The molecule has 0 saturated heterocycles. The van der Waals surface area contributed by atoms with Crippen LogP contribution in [0.25, 0.3) is 0 Å². The fourth-order valence-corrected chi connectivity index (χ4v) is 1.83. The zero-order chi connectivity index (χ0) is 12.8. The average molecular weight is 237 g/mol. The first-order valence-electron chi connectivity index (χ1n) is 6.10. The van der Waals surface area contributed by atoms with Crippen molar-refractivity contribution in [1.29, 1.82) is 0 Å². The van der Waals surface area contributed by atoms with E-state index < -0.39 is 0 Å². The molecule has 0 amide bonds. The second kappa shape index (κ2) is 6.62. The van der Waals surface area contributed by atoms with E-state index in [1.165, 1.54) is 0 Å². The van der Waals surface area contributed by atoms with Crippen LogP contribution in [-0.2, 0) is 0 Å². The molecule has 1 aromatic rings. The Kier molecular flexibility index (Phi) is 5.45. The summed E-state index contributed by atoms with van der Waals surface area (Å²) in [7, 11) is 1.69. The summed E-state index contributed by atoms with van der Waals surface area (Å²) in [5.74, 6) is 1.14. The number of rotatable bonds is 6. The maximum Gasteiger partial charge on any atom is 0.123 e. The lowest BCUT2D eigenvalue weighted by molar-refractivity contribution is 0.202. The Labute approximate surface area is 104 Å². The second-order valence-corrected chi connectivity index (χ2v) is 4.58. The summed E-state index contributed by atoms with van der Waals surface area (Å²) in [6, 6.07) is 8.47. The SMILES string of the molecule is COc1ccccc1C(C)NC(C)C(C)CO. The molecule has 3 unspecified atom stereocenters. The molecule has 0 bridgehead atoms. The van der Waals surface area contributed by atoms with Crippen molar-refractivity contribution in [1.82, 2.24) is 5.32 Å². The van der Waals surface area contributed by atoms with Crippen molar-refractivity contribution < 1.29 is 9.84 Å². The number of methoxy groups -OCH3 is 1. The van der Waals surface area contributed by atoms with E-state index in [0.29, 0.717) is 0 Å². The minimum atomic E-state index is 0.201. The number of para-hydroxylation sites is 1. The first-order chi connectivity index (χ1) is 8.10. The second-order valence-electron chi connectivity index (χ2n) is 4.58. The summed E-state index contributed by atoms with van der Waals surface area (Å²) in [5, 5.41) is 12.6. The highest BCUT2D eigenvalue weighted by atomic mass is 16.5. The number of ether oxygens (including phenoxy) is 1. The molecule has 3 heteroatoms. The summed E-state index contributed by atoms with van der Waals surface area (Å²) in [4.78, 5) is 0. The molecule has 0 aliphatic carbocycles. The molecule has 0 aromatic heterocycles. The lowest BCUT2D eigenvalue weighted by Gasteiger charge is -2.25. The molecule has 1 aromatic carbocycles. The van der Waals surface area contributed by atoms with Crippen LogP contribution in [0.15, 0.2) is 24.3 Å². The van der Waals surface area contributed by atoms with Crippen molar-refractivity contribution >= 4 is 0 Å². The molecule has 0 aliphatic rings. The highest BCUT2D eigenvalue weighted by Gasteiger charge is 2.16. The Morgan fingerprint density at radius 2 is 1.88 bits per heavy atom. The first kappa shape index (κ1) is 14.0. The van der Waals surface area contributed by atoms with Gasteiger partial charge in [-0.05, 0) is 25.8 Å². The van der Waals surface area contributed by atoms with E-state index >= 15 is 0 Å². The summed E-state index contributed by atoms with van der Waals surface area (Å²) in [6.45, 7) is 6.44. The van der Waals surface area contributed by atoms with Crippen molar-refractivity contribution in [2.75, 3.05) is 13.7 Å². The van der Waals surface area contributed by atoms with Crippen LogP contribution in [0.2, 0.25) is 0 Å². The molecule has 0 fully saturated rings. The molecule has 17 heavy (non-hydrogen) atoms. The standard InChI is InChI=1S/C14H23NO2/c1-10(9-16)11(2)15-12(3)13-7-5-6-8-14(13)17-4/h5-8,10-12,15-16H,9H2,1-4H3. The van der Waals surface area contributed by atoms with Gasteiger partial charge in [-0.15, -0.1) is 0 Å². The van der Waals surface area contributed by atoms with Crippen LogP contribution in [-0.4, -0.2) is 24.9 Å². The number of benzene rings is 1. The molecule has 0 spiro atoms.